The van der Waals surface area contributed by atoms with Gasteiger partial charge in [-0.2, -0.15) is 0 Å². The van der Waals surface area contributed by atoms with Crippen molar-refractivity contribution in [3.8, 4) is 11.4 Å². The van der Waals surface area contributed by atoms with Crippen LogP contribution in [0.25, 0.3) is 11.4 Å². The van der Waals surface area contributed by atoms with Crippen LogP contribution in [0, 0.1) is 0 Å². The van der Waals surface area contributed by atoms with E-state index in [0.29, 0.717) is 19.0 Å². The van der Waals surface area contributed by atoms with Gasteiger partial charge >= 0.3 is 5.97 Å². The van der Waals surface area contributed by atoms with Crippen LogP contribution in [0.5, 0.6) is 0 Å². The Hall–Kier alpha value is -1.85. The van der Waals surface area contributed by atoms with Gasteiger partial charge in [0, 0.05) is 25.8 Å². The first kappa shape index (κ1) is 15.5. The monoisotopic (exact) mass is 308 g/mol. The van der Waals surface area contributed by atoms with E-state index in [9.17, 15) is 9.90 Å². The third kappa shape index (κ3) is 3.62. The Labute approximate surface area is 128 Å². The number of imidazole rings is 1. The van der Waals surface area contributed by atoms with E-state index >= 15 is 0 Å². The lowest BCUT2D eigenvalue weighted by Crippen LogP contribution is -2.11. The van der Waals surface area contributed by atoms with Gasteiger partial charge in [-0.15, -0.1) is 0 Å². The van der Waals surface area contributed by atoms with Crippen LogP contribution in [0.15, 0.2) is 30.3 Å². The maximum absolute atomic E-state index is 11.4. The molecule has 1 heterocycles. The van der Waals surface area contributed by atoms with Crippen LogP contribution in [0.3, 0.4) is 0 Å². The molecule has 0 saturated heterocycles. The molecule has 0 saturated carbocycles. The number of nitrogens with zero attached hydrogens (tertiary/aromatic N) is 2. The Bertz CT molecular complexity index is 611. The fourth-order valence-corrected chi connectivity index (χ4v) is 2.43. The summed E-state index contributed by atoms with van der Waals surface area (Å²) in [5, 5.41) is 9.36. The minimum atomic E-state index is -1.07. The summed E-state index contributed by atoms with van der Waals surface area (Å²) in [5.74, 6) is -0.489. The first-order valence-electron chi connectivity index (χ1n) is 6.68. The smallest absolute Gasteiger partial charge is 0.355 e. The standard InChI is InChI=1S/C15H17ClN2O3/c1-21-10-6-5-9-18-12(15(19)20)13(16)17-14(18)11-7-3-2-4-8-11/h2-4,7-8H,5-6,9-10H2,1H3,(H,19,20). The molecule has 6 heteroatoms. The Morgan fingerprint density at radius 1 is 1.33 bits per heavy atom. The van der Waals surface area contributed by atoms with E-state index in [0.717, 1.165) is 18.4 Å². The van der Waals surface area contributed by atoms with Gasteiger partial charge in [-0.05, 0) is 12.8 Å². The van der Waals surface area contributed by atoms with Gasteiger partial charge in [0.2, 0.25) is 0 Å². The van der Waals surface area contributed by atoms with Gasteiger partial charge in [0.15, 0.2) is 10.8 Å². The van der Waals surface area contributed by atoms with Crippen molar-refractivity contribution in [1.29, 1.82) is 0 Å². The summed E-state index contributed by atoms with van der Waals surface area (Å²) in [6.45, 7) is 1.18. The number of carbonyl (C=O) groups is 1. The molecule has 0 spiro atoms. The topological polar surface area (TPSA) is 64.4 Å². The molecule has 0 aliphatic carbocycles. The molecule has 112 valence electrons. The molecule has 0 amide bonds. The summed E-state index contributed by atoms with van der Waals surface area (Å²) < 4.78 is 6.67. The number of rotatable bonds is 7. The predicted octanol–water partition coefficient (Wildman–Crippen LogP) is 3.33. The van der Waals surface area contributed by atoms with Gasteiger partial charge in [-0.3, -0.25) is 0 Å². The second-order valence-electron chi connectivity index (χ2n) is 4.60. The minimum absolute atomic E-state index is 0.0214. The van der Waals surface area contributed by atoms with Crippen LogP contribution in [0.4, 0.5) is 0 Å². The van der Waals surface area contributed by atoms with E-state index in [1.165, 1.54) is 0 Å². The first-order chi connectivity index (χ1) is 10.1. The molecule has 1 N–H and O–H groups in total. The fourth-order valence-electron chi connectivity index (χ4n) is 2.17. The number of aromatic carboxylic acids is 1. The van der Waals surface area contributed by atoms with E-state index in [1.807, 2.05) is 30.3 Å². The summed E-state index contributed by atoms with van der Waals surface area (Å²) in [5.41, 5.74) is 0.881. The fraction of sp³-hybridized carbons (Fsp3) is 0.333. The third-order valence-corrected chi connectivity index (χ3v) is 3.40. The number of ether oxygens (including phenoxy) is 1. The van der Waals surface area contributed by atoms with E-state index < -0.39 is 5.97 Å². The number of hydrogen-bond donors (Lipinski definition) is 1. The lowest BCUT2D eigenvalue weighted by Gasteiger charge is -2.10. The van der Waals surface area contributed by atoms with Crippen molar-refractivity contribution < 1.29 is 14.6 Å². The molecule has 0 atom stereocenters. The summed E-state index contributed by atoms with van der Waals surface area (Å²) >= 11 is 6.00. The van der Waals surface area contributed by atoms with Crippen LogP contribution < -0.4 is 0 Å². The molecule has 2 rings (SSSR count). The van der Waals surface area contributed by atoms with Gasteiger partial charge in [0.25, 0.3) is 0 Å². The van der Waals surface area contributed by atoms with Gasteiger partial charge in [0.05, 0.1) is 0 Å². The first-order valence-corrected chi connectivity index (χ1v) is 7.06. The van der Waals surface area contributed by atoms with Gasteiger partial charge in [-0.25, -0.2) is 9.78 Å². The molecule has 0 fully saturated rings. The molecule has 0 unspecified atom stereocenters. The Balaban J connectivity index is 2.36. The van der Waals surface area contributed by atoms with Crippen molar-refractivity contribution in [3.05, 3.63) is 41.2 Å². The summed E-state index contributed by atoms with van der Waals surface area (Å²) in [7, 11) is 1.64. The normalized spacial score (nSPS) is 10.8. The number of hydrogen-bond acceptors (Lipinski definition) is 3. The summed E-state index contributed by atoms with van der Waals surface area (Å²) in [6.07, 6.45) is 1.64. The van der Waals surface area contributed by atoms with Crippen LogP contribution in [-0.4, -0.2) is 34.3 Å². The molecule has 2 aromatic rings. The zero-order valence-corrected chi connectivity index (χ0v) is 12.5. The van der Waals surface area contributed by atoms with Crippen molar-refractivity contribution >= 4 is 17.6 Å². The number of aromatic nitrogens is 2. The molecular weight excluding hydrogens is 292 g/mol. The highest BCUT2D eigenvalue weighted by Crippen LogP contribution is 2.26. The van der Waals surface area contributed by atoms with Crippen molar-refractivity contribution in [1.82, 2.24) is 9.55 Å². The molecule has 5 nitrogen and oxygen atoms in total. The number of methoxy groups -OCH3 is 1. The predicted molar refractivity (Wildman–Crippen MR) is 80.7 cm³/mol. The largest absolute Gasteiger partial charge is 0.476 e. The highest BCUT2D eigenvalue weighted by molar-refractivity contribution is 6.32. The number of carboxylic acids is 1. The van der Waals surface area contributed by atoms with Gasteiger partial charge < -0.3 is 14.4 Å². The van der Waals surface area contributed by atoms with Gasteiger partial charge in [-0.1, -0.05) is 41.9 Å². The highest BCUT2D eigenvalue weighted by atomic mass is 35.5. The lowest BCUT2D eigenvalue weighted by atomic mass is 10.2. The second kappa shape index (κ2) is 7.24. The van der Waals surface area contributed by atoms with Crippen LogP contribution >= 0.6 is 11.6 Å². The Morgan fingerprint density at radius 2 is 2.05 bits per heavy atom. The molecule has 1 aromatic heterocycles. The van der Waals surface area contributed by atoms with Crippen LogP contribution in [0.1, 0.15) is 23.3 Å². The van der Waals surface area contributed by atoms with E-state index in [-0.39, 0.29) is 10.8 Å². The van der Waals surface area contributed by atoms with E-state index in [1.54, 1.807) is 11.7 Å². The number of halogens is 1. The third-order valence-electron chi connectivity index (χ3n) is 3.14. The highest BCUT2D eigenvalue weighted by Gasteiger charge is 2.21. The summed E-state index contributed by atoms with van der Waals surface area (Å²) in [6, 6.07) is 9.43. The van der Waals surface area contributed by atoms with Crippen molar-refractivity contribution in [2.45, 2.75) is 19.4 Å². The molecule has 0 aliphatic heterocycles. The Kier molecular flexibility index (Phi) is 5.36. The van der Waals surface area contributed by atoms with E-state index in [4.69, 9.17) is 16.3 Å². The van der Waals surface area contributed by atoms with Crippen molar-refractivity contribution in [2.75, 3.05) is 13.7 Å². The average molecular weight is 309 g/mol. The minimum Gasteiger partial charge on any atom is -0.476 e. The molecular formula is C15H17ClN2O3. The van der Waals surface area contributed by atoms with Crippen LogP contribution in [-0.2, 0) is 11.3 Å². The van der Waals surface area contributed by atoms with Crippen molar-refractivity contribution in [2.24, 2.45) is 0 Å². The van der Waals surface area contributed by atoms with Crippen LogP contribution in [0.2, 0.25) is 5.15 Å². The lowest BCUT2D eigenvalue weighted by molar-refractivity contribution is 0.0685. The zero-order valence-electron chi connectivity index (χ0n) is 11.8. The van der Waals surface area contributed by atoms with Gasteiger partial charge in [0.1, 0.15) is 5.82 Å². The van der Waals surface area contributed by atoms with Crippen molar-refractivity contribution in [3.63, 3.8) is 0 Å². The number of benzene rings is 1. The maximum Gasteiger partial charge on any atom is 0.355 e. The molecule has 1 aromatic carbocycles. The average Bonchev–Trinajstić information content (AvgIpc) is 2.81. The Morgan fingerprint density at radius 3 is 2.67 bits per heavy atom. The molecule has 21 heavy (non-hydrogen) atoms. The number of carboxylic acid groups (broad SMARTS) is 1. The zero-order chi connectivity index (χ0) is 15.2. The molecule has 0 aliphatic rings. The number of unbranched alkanes of at least 4 members (excludes halogenated alkanes) is 1. The maximum atomic E-state index is 11.4. The quantitative estimate of drug-likeness (QED) is 0.797. The second-order valence-corrected chi connectivity index (χ2v) is 4.96. The SMILES string of the molecule is COCCCCn1c(-c2ccccc2)nc(Cl)c1C(=O)O. The summed E-state index contributed by atoms with van der Waals surface area (Å²) in [4.78, 5) is 15.6. The van der Waals surface area contributed by atoms with E-state index in [2.05, 4.69) is 4.98 Å². The molecule has 0 bridgehead atoms. The molecule has 0 radical (unpaired) electrons.